The number of carbonyl (C=O) groups is 2. The Hall–Kier alpha value is -2.58. The van der Waals surface area contributed by atoms with E-state index in [4.69, 9.17) is 11.6 Å². The maximum Gasteiger partial charge on any atom is 0.253 e. The summed E-state index contributed by atoms with van der Waals surface area (Å²) in [5, 5.41) is 6.02. The minimum absolute atomic E-state index is 0.229. The highest BCUT2D eigenvalue weighted by Gasteiger charge is 2.32. The summed E-state index contributed by atoms with van der Waals surface area (Å²) in [5.74, 6) is -0.827. The first kappa shape index (κ1) is 24.7. The first-order chi connectivity index (χ1) is 14.7. The number of nitrogens with one attached hydrogen (secondary N) is 2. The number of para-hydroxylation sites is 1. The van der Waals surface area contributed by atoms with Crippen LogP contribution in [0.1, 0.15) is 43.5 Å². The Balaban J connectivity index is 2.32. The molecule has 0 aromatic heterocycles. The van der Waals surface area contributed by atoms with Crippen molar-refractivity contribution in [2.75, 3.05) is 22.4 Å². The molecule has 0 bridgehead atoms. The molecule has 1 atom stereocenters. The topological polar surface area (TPSA) is 95.6 Å². The molecule has 0 aliphatic carbocycles. The smallest absolute Gasteiger partial charge is 0.253 e. The zero-order valence-corrected chi connectivity index (χ0v) is 19.5. The maximum absolute atomic E-state index is 13.1. The van der Waals surface area contributed by atoms with Crippen molar-refractivity contribution in [1.29, 1.82) is 0 Å². The SMILES string of the molecule is CCCCNC(=O)c1ccccc1NC(=O)[C@H](CC)N(c1ccc(Cl)cc1)S(C)(=O)=O. The van der Waals surface area contributed by atoms with Crippen LogP contribution in [0.4, 0.5) is 11.4 Å². The average Bonchev–Trinajstić information content (AvgIpc) is 2.72. The van der Waals surface area contributed by atoms with Gasteiger partial charge in [-0.2, -0.15) is 0 Å². The van der Waals surface area contributed by atoms with E-state index in [0.29, 0.717) is 28.5 Å². The number of halogens is 1. The number of carbonyl (C=O) groups excluding carboxylic acids is 2. The molecule has 0 saturated heterocycles. The number of benzene rings is 2. The van der Waals surface area contributed by atoms with Crippen LogP contribution in [0.15, 0.2) is 48.5 Å². The van der Waals surface area contributed by atoms with Crippen molar-refractivity contribution in [3.8, 4) is 0 Å². The third-order valence-corrected chi connectivity index (χ3v) is 6.09. The lowest BCUT2D eigenvalue weighted by Gasteiger charge is -2.30. The molecular weight excluding hydrogens is 438 g/mol. The van der Waals surface area contributed by atoms with E-state index in [1.54, 1.807) is 55.5 Å². The Bertz CT molecular complexity index is 1010. The number of hydrogen-bond acceptors (Lipinski definition) is 4. The first-order valence-corrected chi connectivity index (χ1v) is 12.3. The molecule has 0 unspecified atom stereocenters. The van der Waals surface area contributed by atoms with Crippen molar-refractivity contribution >= 4 is 44.8 Å². The molecule has 2 amide bonds. The van der Waals surface area contributed by atoms with Crippen LogP contribution in [0.3, 0.4) is 0 Å². The summed E-state index contributed by atoms with van der Waals surface area (Å²) < 4.78 is 26.2. The van der Waals surface area contributed by atoms with E-state index in [-0.39, 0.29) is 12.3 Å². The van der Waals surface area contributed by atoms with Gasteiger partial charge in [-0.1, -0.05) is 44.0 Å². The van der Waals surface area contributed by atoms with E-state index in [0.717, 1.165) is 23.4 Å². The van der Waals surface area contributed by atoms with Crippen molar-refractivity contribution in [2.24, 2.45) is 0 Å². The van der Waals surface area contributed by atoms with E-state index in [2.05, 4.69) is 10.6 Å². The Kier molecular flexibility index (Phi) is 8.88. The van der Waals surface area contributed by atoms with Crippen molar-refractivity contribution in [3.63, 3.8) is 0 Å². The van der Waals surface area contributed by atoms with Crippen molar-refractivity contribution in [2.45, 2.75) is 39.2 Å². The third kappa shape index (κ3) is 6.70. The van der Waals surface area contributed by atoms with Gasteiger partial charge in [0.1, 0.15) is 6.04 Å². The minimum atomic E-state index is -3.77. The summed E-state index contributed by atoms with van der Waals surface area (Å²) in [6.07, 6.45) is 3.07. The van der Waals surface area contributed by atoms with Gasteiger partial charge in [-0.3, -0.25) is 13.9 Å². The Morgan fingerprint density at radius 1 is 1.06 bits per heavy atom. The maximum atomic E-state index is 13.1. The highest BCUT2D eigenvalue weighted by atomic mass is 35.5. The van der Waals surface area contributed by atoms with Crippen molar-refractivity contribution in [3.05, 3.63) is 59.1 Å². The van der Waals surface area contributed by atoms with Gasteiger partial charge in [0, 0.05) is 11.6 Å². The summed E-state index contributed by atoms with van der Waals surface area (Å²) in [7, 11) is -3.77. The summed E-state index contributed by atoms with van der Waals surface area (Å²) >= 11 is 5.92. The van der Waals surface area contributed by atoms with E-state index >= 15 is 0 Å². The fourth-order valence-electron chi connectivity index (χ4n) is 3.13. The molecule has 2 rings (SSSR count). The van der Waals surface area contributed by atoms with Crippen LogP contribution in [0.5, 0.6) is 0 Å². The number of unbranched alkanes of at least 4 members (excludes halogenated alkanes) is 1. The monoisotopic (exact) mass is 465 g/mol. The van der Waals surface area contributed by atoms with Gasteiger partial charge in [0.2, 0.25) is 15.9 Å². The van der Waals surface area contributed by atoms with Crippen LogP contribution in [0.2, 0.25) is 5.02 Å². The molecule has 0 heterocycles. The van der Waals surface area contributed by atoms with Gasteiger partial charge < -0.3 is 10.6 Å². The first-order valence-electron chi connectivity index (χ1n) is 10.1. The second-order valence-electron chi connectivity index (χ2n) is 7.10. The molecule has 9 heteroatoms. The van der Waals surface area contributed by atoms with Crippen LogP contribution in [0, 0.1) is 0 Å². The summed E-state index contributed by atoms with van der Waals surface area (Å²) in [5.41, 5.74) is 0.975. The predicted molar refractivity (Wildman–Crippen MR) is 125 cm³/mol. The van der Waals surface area contributed by atoms with Crippen LogP contribution in [-0.4, -0.2) is 39.1 Å². The normalized spacial score (nSPS) is 12.1. The molecule has 31 heavy (non-hydrogen) atoms. The molecule has 0 saturated carbocycles. The number of nitrogens with zero attached hydrogens (tertiary/aromatic N) is 1. The number of amides is 2. The summed E-state index contributed by atoms with van der Waals surface area (Å²) in [4.78, 5) is 25.7. The molecule has 2 aromatic carbocycles. The lowest BCUT2D eigenvalue weighted by molar-refractivity contribution is -0.117. The zero-order valence-electron chi connectivity index (χ0n) is 17.9. The summed E-state index contributed by atoms with van der Waals surface area (Å²) in [6.45, 7) is 4.29. The zero-order chi connectivity index (χ0) is 23.0. The van der Waals surface area contributed by atoms with Crippen LogP contribution in [-0.2, 0) is 14.8 Å². The predicted octanol–water partition coefficient (Wildman–Crippen LogP) is 4.05. The number of anilines is 2. The average molecular weight is 466 g/mol. The van der Waals surface area contributed by atoms with Crippen molar-refractivity contribution < 1.29 is 18.0 Å². The van der Waals surface area contributed by atoms with Gasteiger partial charge in [-0.25, -0.2) is 8.42 Å². The van der Waals surface area contributed by atoms with Gasteiger partial charge >= 0.3 is 0 Å². The van der Waals surface area contributed by atoms with E-state index in [9.17, 15) is 18.0 Å². The van der Waals surface area contributed by atoms with E-state index in [1.165, 1.54) is 0 Å². The molecular formula is C22H28ClN3O4S. The standard InChI is InChI=1S/C22H28ClN3O4S/c1-4-6-15-24-21(27)18-9-7-8-10-19(18)25-22(28)20(5-2)26(31(3,29)30)17-13-11-16(23)12-14-17/h7-14,20H,4-6,15H2,1-3H3,(H,24,27)(H,25,28)/t20-/m0/s1. The molecule has 168 valence electrons. The largest absolute Gasteiger partial charge is 0.352 e. The molecule has 0 aliphatic rings. The lowest BCUT2D eigenvalue weighted by atomic mass is 10.1. The minimum Gasteiger partial charge on any atom is -0.352 e. The van der Waals surface area contributed by atoms with Gasteiger partial charge in [0.05, 0.1) is 23.2 Å². The fourth-order valence-corrected chi connectivity index (χ4v) is 4.47. The molecule has 0 spiro atoms. The highest BCUT2D eigenvalue weighted by Crippen LogP contribution is 2.25. The molecule has 0 radical (unpaired) electrons. The molecule has 2 aromatic rings. The van der Waals surface area contributed by atoms with E-state index in [1.807, 2.05) is 6.92 Å². The highest BCUT2D eigenvalue weighted by molar-refractivity contribution is 7.92. The van der Waals surface area contributed by atoms with Gasteiger partial charge in [0.15, 0.2) is 0 Å². The Labute approximate surface area is 188 Å². The Morgan fingerprint density at radius 3 is 2.29 bits per heavy atom. The quantitative estimate of drug-likeness (QED) is 0.517. The Morgan fingerprint density at radius 2 is 1.71 bits per heavy atom. The van der Waals surface area contributed by atoms with Crippen LogP contribution < -0.4 is 14.9 Å². The summed E-state index contributed by atoms with van der Waals surface area (Å²) in [6, 6.07) is 11.9. The van der Waals surface area contributed by atoms with Gasteiger partial charge in [0.25, 0.3) is 5.91 Å². The molecule has 2 N–H and O–H groups in total. The number of hydrogen-bond donors (Lipinski definition) is 2. The third-order valence-electron chi connectivity index (χ3n) is 4.66. The number of sulfonamides is 1. The van der Waals surface area contributed by atoms with Crippen molar-refractivity contribution in [1.82, 2.24) is 5.32 Å². The lowest BCUT2D eigenvalue weighted by Crippen LogP contribution is -2.47. The second kappa shape index (κ2) is 11.2. The number of rotatable bonds is 10. The van der Waals surface area contributed by atoms with Gasteiger partial charge in [-0.15, -0.1) is 0 Å². The van der Waals surface area contributed by atoms with Crippen LogP contribution in [0.25, 0.3) is 0 Å². The molecule has 0 fully saturated rings. The van der Waals surface area contributed by atoms with E-state index < -0.39 is 22.0 Å². The van der Waals surface area contributed by atoms with Crippen LogP contribution >= 0.6 is 11.6 Å². The second-order valence-corrected chi connectivity index (χ2v) is 9.40. The van der Waals surface area contributed by atoms with Gasteiger partial charge in [-0.05, 0) is 49.2 Å². The fraction of sp³-hybridized carbons (Fsp3) is 0.364. The molecule has 0 aliphatic heterocycles. The molecule has 7 nitrogen and oxygen atoms in total.